The summed E-state index contributed by atoms with van der Waals surface area (Å²) in [5.74, 6) is -0.667. The quantitative estimate of drug-likeness (QED) is 0.908. The van der Waals surface area contributed by atoms with Gasteiger partial charge in [-0.15, -0.1) is 0 Å². The molecule has 1 aliphatic carbocycles. The molecule has 1 heterocycles. The number of ether oxygens (including phenoxy) is 1. The third kappa shape index (κ3) is 2.88. The summed E-state index contributed by atoms with van der Waals surface area (Å²) in [7, 11) is 1.74. The predicted octanol–water partition coefficient (Wildman–Crippen LogP) is 2.70. The number of rotatable bonds is 5. The number of halogens is 1. The first-order valence-electron chi connectivity index (χ1n) is 7.89. The summed E-state index contributed by atoms with van der Waals surface area (Å²) in [6.07, 6.45) is 4.43. The van der Waals surface area contributed by atoms with Gasteiger partial charge in [0.15, 0.2) is 0 Å². The topological polar surface area (TPSA) is 49.8 Å². The van der Waals surface area contributed by atoms with Gasteiger partial charge in [0.1, 0.15) is 5.82 Å². The SMILES string of the molecule is COC(CN1CCc2c(F)ccc(C(=O)O)c2C1)C1CCC1. The minimum Gasteiger partial charge on any atom is -0.478 e. The lowest BCUT2D eigenvalue weighted by atomic mass is 9.80. The lowest BCUT2D eigenvalue weighted by Gasteiger charge is -2.38. The molecule has 1 N–H and O–H groups in total. The Morgan fingerprint density at radius 3 is 2.82 bits per heavy atom. The molecule has 4 nitrogen and oxygen atoms in total. The second kappa shape index (κ2) is 6.34. The lowest BCUT2D eigenvalue weighted by molar-refractivity contribution is -0.00795. The van der Waals surface area contributed by atoms with Crippen LogP contribution >= 0.6 is 0 Å². The molecule has 2 aliphatic rings. The number of benzene rings is 1. The molecule has 0 radical (unpaired) electrons. The molecule has 5 heteroatoms. The Hall–Kier alpha value is -1.46. The van der Waals surface area contributed by atoms with E-state index in [0.717, 1.165) is 13.1 Å². The first kappa shape index (κ1) is 15.4. The first-order chi connectivity index (χ1) is 10.6. The van der Waals surface area contributed by atoms with Gasteiger partial charge in [0.2, 0.25) is 0 Å². The van der Waals surface area contributed by atoms with Crippen LogP contribution in [0, 0.1) is 11.7 Å². The first-order valence-corrected chi connectivity index (χ1v) is 7.89. The van der Waals surface area contributed by atoms with E-state index in [1.807, 2.05) is 0 Å². The third-order valence-corrected chi connectivity index (χ3v) is 5.08. The van der Waals surface area contributed by atoms with Crippen LogP contribution in [0.25, 0.3) is 0 Å². The largest absolute Gasteiger partial charge is 0.478 e. The van der Waals surface area contributed by atoms with E-state index in [4.69, 9.17) is 4.74 Å². The van der Waals surface area contributed by atoms with Crippen molar-refractivity contribution in [2.75, 3.05) is 20.2 Å². The van der Waals surface area contributed by atoms with E-state index < -0.39 is 5.97 Å². The van der Waals surface area contributed by atoms with Gasteiger partial charge in [-0.25, -0.2) is 9.18 Å². The Balaban J connectivity index is 1.77. The molecule has 0 spiro atoms. The second-order valence-electron chi connectivity index (χ2n) is 6.31. The summed E-state index contributed by atoms with van der Waals surface area (Å²) < 4.78 is 19.5. The number of carboxylic acids is 1. The lowest BCUT2D eigenvalue weighted by Crippen LogP contribution is -2.42. The smallest absolute Gasteiger partial charge is 0.336 e. The molecule has 1 unspecified atom stereocenters. The Kier molecular flexibility index (Phi) is 4.45. The van der Waals surface area contributed by atoms with Gasteiger partial charge in [-0.3, -0.25) is 4.90 Å². The maximum absolute atomic E-state index is 13.9. The van der Waals surface area contributed by atoms with Crippen LogP contribution in [-0.4, -0.2) is 42.3 Å². The zero-order valence-electron chi connectivity index (χ0n) is 12.8. The summed E-state index contributed by atoms with van der Waals surface area (Å²) in [5, 5.41) is 9.32. The molecule has 0 bridgehead atoms. The highest BCUT2D eigenvalue weighted by molar-refractivity contribution is 5.89. The summed E-state index contributed by atoms with van der Waals surface area (Å²) in [6.45, 7) is 2.02. The van der Waals surface area contributed by atoms with Crippen molar-refractivity contribution in [1.82, 2.24) is 4.90 Å². The number of fused-ring (bicyclic) bond motifs is 1. The zero-order chi connectivity index (χ0) is 15.7. The Morgan fingerprint density at radius 2 is 2.23 bits per heavy atom. The maximum atomic E-state index is 13.9. The molecule has 0 aromatic heterocycles. The molecule has 1 saturated carbocycles. The normalized spacial score (nSPS) is 20.3. The molecular weight excluding hydrogens is 285 g/mol. The summed E-state index contributed by atoms with van der Waals surface area (Å²) in [6, 6.07) is 2.64. The highest BCUT2D eigenvalue weighted by Gasteiger charge is 2.31. The van der Waals surface area contributed by atoms with Gasteiger partial charge in [0.25, 0.3) is 0 Å². The van der Waals surface area contributed by atoms with Crippen molar-refractivity contribution in [2.45, 2.75) is 38.3 Å². The van der Waals surface area contributed by atoms with E-state index >= 15 is 0 Å². The summed E-state index contributed by atoms with van der Waals surface area (Å²) in [4.78, 5) is 13.6. The fourth-order valence-corrected chi connectivity index (χ4v) is 3.53. The van der Waals surface area contributed by atoms with Gasteiger partial charge in [-0.1, -0.05) is 6.42 Å². The van der Waals surface area contributed by atoms with Crippen molar-refractivity contribution in [3.8, 4) is 0 Å². The molecular formula is C17H22FNO3. The predicted molar refractivity (Wildman–Crippen MR) is 80.5 cm³/mol. The number of carbonyl (C=O) groups is 1. The van der Waals surface area contributed by atoms with Crippen molar-refractivity contribution in [1.29, 1.82) is 0 Å². The standard InChI is InChI=1S/C17H22FNO3/c1-22-16(11-3-2-4-11)10-19-8-7-12-14(9-19)13(17(20)21)5-6-15(12)18/h5-6,11,16H,2-4,7-10H2,1H3,(H,20,21). The van der Waals surface area contributed by atoms with Crippen molar-refractivity contribution in [2.24, 2.45) is 5.92 Å². The van der Waals surface area contributed by atoms with Crippen molar-refractivity contribution in [3.63, 3.8) is 0 Å². The number of nitrogens with zero attached hydrogens (tertiary/aromatic N) is 1. The van der Waals surface area contributed by atoms with E-state index in [1.54, 1.807) is 7.11 Å². The van der Waals surface area contributed by atoms with E-state index in [0.29, 0.717) is 30.0 Å². The Morgan fingerprint density at radius 1 is 1.45 bits per heavy atom. The minimum atomic E-state index is -0.986. The van der Waals surface area contributed by atoms with E-state index in [-0.39, 0.29) is 17.5 Å². The van der Waals surface area contributed by atoms with E-state index in [2.05, 4.69) is 4.90 Å². The summed E-state index contributed by atoms with van der Waals surface area (Å²) >= 11 is 0. The van der Waals surface area contributed by atoms with E-state index in [9.17, 15) is 14.3 Å². The van der Waals surface area contributed by atoms with Crippen LogP contribution in [0.3, 0.4) is 0 Å². The van der Waals surface area contributed by atoms with Crippen LogP contribution in [0.1, 0.15) is 40.7 Å². The van der Waals surface area contributed by atoms with Crippen LogP contribution in [-0.2, 0) is 17.7 Å². The monoisotopic (exact) mass is 307 g/mol. The molecule has 0 amide bonds. The number of aromatic carboxylic acids is 1. The average Bonchev–Trinajstić information content (AvgIpc) is 2.44. The number of carboxylic acid groups (broad SMARTS) is 1. The fourth-order valence-electron chi connectivity index (χ4n) is 3.53. The minimum absolute atomic E-state index is 0.192. The molecule has 120 valence electrons. The fraction of sp³-hybridized carbons (Fsp3) is 0.588. The number of hydrogen-bond donors (Lipinski definition) is 1. The molecule has 1 atom stereocenters. The molecule has 3 rings (SSSR count). The van der Waals surface area contributed by atoms with Crippen molar-refractivity contribution < 1.29 is 19.0 Å². The highest BCUT2D eigenvalue weighted by Crippen LogP contribution is 2.32. The molecule has 1 aliphatic heterocycles. The van der Waals surface area contributed by atoms with Gasteiger partial charge in [0.05, 0.1) is 11.7 Å². The van der Waals surface area contributed by atoms with Crippen LogP contribution in [0.4, 0.5) is 4.39 Å². The summed E-state index contributed by atoms with van der Waals surface area (Å²) in [5.41, 5.74) is 1.41. The van der Waals surface area contributed by atoms with Crippen LogP contribution in [0.5, 0.6) is 0 Å². The van der Waals surface area contributed by atoms with Gasteiger partial charge in [-0.05, 0) is 48.4 Å². The van der Waals surface area contributed by atoms with Crippen LogP contribution in [0.2, 0.25) is 0 Å². The van der Waals surface area contributed by atoms with Crippen molar-refractivity contribution >= 4 is 5.97 Å². The number of hydrogen-bond acceptors (Lipinski definition) is 3. The highest BCUT2D eigenvalue weighted by atomic mass is 19.1. The molecule has 1 aromatic rings. The average molecular weight is 307 g/mol. The molecule has 22 heavy (non-hydrogen) atoms. The third-order valence-electron chi connectivity index (χ3n) is 5.08. The van der Waals surface area contributed by atoms with Crippen molar-refractivity contribution in [3.05, 3.63) is 34.6 Å². The molecule has 1 fully saturated rings. The van der Waals surface area contributed by atoms with E-state index in [1.165, 1.54) is 31.4 Å². The zero-order valence-corrected chi connectivity index (χ0v) is 12.8. The van der Waals surface area contributed by atoms with Crippen LogP contribution < -0.4 is 0 Å². The molecule has 1 aromatic carbocycles. The van der Waals surface area contributed by atoms with Gasteiger partial charge < -0.3 is 9.84 Å². The van der Waals surface area contributed by atoms with Gasteiger partial charge in [0, 0.05) is 26.7 Å². The molecule has 0 saturated heterocycles. The van der Waals surface area contributed by atoms with Gasteiger partial charge >= 0.3 is 5.97 Å². The second-order valence-corrected chi connectivity index (χ2v) is 6.31. The van der Waals surface area contributed by atoms with Crippen LogP contribution in [0.15, 0.2) is 12.1 Å². The maximum Gasteiger partial charge on any atom is 0.336 e. The van der Waals surface area contributed by atoms with Gasteiger partial charge in [-0.2, -0.15) is 0 Å². The Bertz CT molecular complexity index is 571. The Labute approximate surface area is 129 Å². The number of methoxy groups -OCH3 is 1.